The van der Waals surface area contributed by atoms with Crippen LogP contribution >= 0.6 is 12.4 Å². The molecule has 0 aliphatic carbocycles. The average molecular weight is 235 g/mol. The van der Waals surface area contributed by atoms with Gasteiger partial charge in [-0.05, 0) is 12.3 Å². The van der Waals surface area contributed by atoms with Crippen LogP contribution in [0.2, 0.25) is 0 Å². The zero-order valence-corrected chi connectivity index (χ0v) is 10.0. The summed E-state index contributed by atoms with van der Waals surface area (Å²) in [5.41, 5.74) is 0. The Labute approximate surface area is 96.9 Å². The van der Waals surface area contributed by atoms with Gasteiger partial charge >= 0.3 is 5.97 Å². The Bertz CT molecular complexity index is 219. The first-order valence-corrected chi connectivity index (χ1v) is 5.08. The van der Waals surface area contributed by atoms with Gasteiger partial charge in [0.25, 0.3) is 0 Å². The lowest BCUT2D eigenvalue weighted by Crippen LogP contribution is -2.35. The molecular formula is C10H19ClN2O2. The van der Waals surface area contributed by atoms with Crippen LogP contribution in [0.15, 0.2) is 4.99 Å². The SMILES string of the molecule is CC(C)CCOC(=O)C1CN=CNC1.Cl. The highest BCUT2D eigenvalue weighted by molar-refractivity contribution is 5.85. The molecule has 0 amide bonds. The summed E-state index contributed by atoms with van der Waals surface area (Å²) in [7, 11) is 0. The molecule has 1 rings (SSSR count). The highest BCUT2D eigenvalue weighted by atomic mass is 35.5. The quantitative estimate of drug-likeness (QED) is 0.745. The van der Waals surface area contributed by atoms with E-state index < -0.39 is 0 Å². The average Bonchev–Trinajstić information content (AvgIpc) is 2.18. The summed E-state index contributed by atoms with van der Waals surface area (Å²) in [5.74, 6) is 0.340. The van der Waals surface area contributed by atoms with E-state index in [-0.39, 0.29) is 24.3 Å². The van der Waals surface area contributed by atoms with Gasteiger partial charge in [0.2, 0.25) is 0 Å². The van der Waals surface area contributed by atoms with Gasteiger partial charge in [-0.2, -0.15) is 0 Å². The van der Waals surface area contributed by atoms with Gasteiger partial charge in [-0.25, -0.2) is 0 Å². The predicted molar refractivity (Wildman–Crippen MR) is 62.5 cm³/mol. The molecule has 0 bridgehead atoms. The van der Waals surface area contributed by atoms with Crippen LogP contribution in [-0.2, 0) is 9.53 Å². The molecule has 0 radical (unpaired) electrons. The number of nitrogens with one attached hydrogen (secondary N) is 1. The number of hydrogen-bond donors (Lipinski definition) is 1. The fourth-order valence-corrected chi connectivity index (χ4v) is 1.17. The van der Waals surface area contributed by atoms with E-state index in [1.807, 2.05) is 0 Å². The van der Waals surface area contributed by atoms with E-state index in [0.29, 0.717) is 25.6 Å². The molecule has 0 spiro atoms. The molecule has 15 heavy (non-hydrogen) atoms. The molecule has 1 aliphatic rings. The van der Waals surface area contributed by atoms with Crippen molar-refractivity contribution < 1.29 is 9.53 Å². The van der Waals surface area contributed by atoms with Crippen molar-refractivity contribution in [1.29, 1.82) is 0 Å². The van der Waals surface area contributed by atoms with Crippen LogP contribution in [0.5, 0.6) is 0 Å². The number of aliphatic imine (C=N–C) groups is 1. The van der Waals surface area contributed by atoms with E-state index in [4.69, 9.17) is 4.74 Å². The zero-order chi connectivity index (χ0) is 10.4. The van der Waals surface area contributed by atoms with Gasteiger partial charge in [-0.3, -0.25) is 9.79 Å². The Kier molecular flexibility index (Phi) is 7.13. The second-order valence-corrected chi connectivity index (χ2v) is 3.95. The van der Waals surface area contributed by atoms with Crippen molar-refractivity contribution in [3.8, 4) is 0 Å². The van der Waals surface area contributed by atoms with E-state index in [9.17, 15) is 4.79 Å². The molecular weight excluding hydrogens is 216 g/mol. The molecule has 0 aromatic heterocycles. The predicted octanol–water partition coefficient (Wildman–Crippen LogP) is 1.25. The molecule has 0 aromatic carbocycles. The van der Waals surface area contributed by atoms with Crippen LogP contribution < -0.4 is 5.32 Å². The highest BCUT2D eigenvalue weighted by Gasteiger charge is 2.20. The maximum atomic E-state index is 11.4. The third kappa shape index (κ3) is 5.62. The van der Waals surface area contributed by atoms with E-state index >= 15 is 0 Å². The third-order valence-corrected chi connectivity index (χ3v) is 2.15. The molecule has 0 saturated carbocycles. The number of carbonyl (C=O) groups excluding carboxylic acids is 1. The first-order valence-electron chi connectivity index (χ1n) is 5.08. The van der Waals surface area contributed by atoms with Gasteiger partial charge in [0.15, 0.2) is 0 Å². The molecule has 1 unspecified atom stereocenters. The van der Waals surface area contributed by atoms with Gasteiger partial charge in [0.05, 0.1) is 25.4 Å². The maximum Gasteiger partial charge on any atom is 0.312 e. The lowest BCUT2D eigenvalue weighted by molar-refractivity contribution is -0.148. The van der Waals surface area contributed by atoms with Crippen LogP contribution in [0.1, 0.15) is 20.3 Å². The van der Waals surface area contributed by atoms with E-state index in [1.165, 1.54) is 0 Å². The van der Waals surface area contributed by atoms with Crippen molar-refractivity contribution in [2.45, 2.75) is 20.3 Å². The monoisotopic (exact) mass is 234 g/mol. The van der Waals surface area contributed by atoms with Gasteiger partial charge in [-0.1, -0.05) is 13.8 Å². The number of esters is 1. The fraction of sp³-hybridized carbons (Fsp3) is 0.800. The summed E-state index contributed by atoms with van der Waals surface area (Å²) in [5, 5.41) is 2.92. The van der Waals surface area contributed by atoms with Crippen molar-refractivity contribution in [3.05, 3.63) is 0 Å². The van der Waals surface area contributed by atoms with Crippen LogP contribution in [0.3, 0.4) is 0 Å². The Hall–Kier alpha value is -0.770. The minimum absolute atomic E-state index is 0. The maximum absolute atomic E-state index is 11.4. The minimum atomic E-state index is -0.130. The minimum Gasteiger partial charge on any atom is -0.465 e. The molecule has 0 fully saturated rings. The molecule has 1 N–H and O–H groups in total. The number of rotatable bonds is 4. The van der Waals surface area contributed by atoms with Crippen molar-refractivity contribution in [3.63, 3.8) is 0 Å². The lowest BCUT2D eigenvalue weighted by atomic mass is 10.1. The molecule has 1 atom stereocenters. The summed E-state index contributed by atoms with van der Waals surface area (Å²) in [6.07, 6.45) is 2.56. The largest absolute Gasteiger partial charge is 0.465 e. The summed E-state index contributed by atoms with van der Waals surface area (Å²) in [6, 6.07) is 0. The van der Waals surface area contributed by atoms with Crippen LogP contribution in [0.25, 0.3) is 0 Å². The normalized spacial score (nSPS) is 19.3. The molecule has 1 heterocycles. The van der Waals surface area contributed by atoms with Crippen LogP contribution in [0, 0.1) is 11.8 Å². The zero-order valence-electron chi connectivity index (χ0n) is 9.23. The van der Waals surface area contributed by atoms with E-state index in [2.05, 4.69) is 24.2 Å². The van der Waals surface area contributed by atoms with Gasteiger partial charge < -0.3 is 10.1 Å². The number of hydrogen-bond acceptors (Lipinski definition) is 4. The third-order valence-electron chi connectivity index (χ3n) is 2.15. The first kappa shape index (κ1) is 14.2. The second kappa shape index (κ2) is 7.51. The number of nitrogens with zero attached hydrogens (tertiary/aromatic N) is 1. The Balaban J connectivity index is 0.00000196. The molecule has 4 nitrogen and oxygen atoms in total. The van der Waals surface area contributed by atoms with Crippen molar-refractivity contribution in [2.75, 3.05) is 19.7 Å². The smallest absolute Gasteiger partial charge is 0.312 e. The molecule has 88 valence electrons. The standard InChI is InChI=1S/C10H18N2O2.ClH/c1-8(2)3-4-14-10(13)9-5-11-7-12-6-9;/h7-9H,3-6H2,1-2H3,(H,11,12);1H. The van der Waals surface area contributed by atoms with Gasteiger partial charge in [0, 0.05) is 6.54 Å². The number of ether oxygens (including phenoxy) is 1. The topological polar surface area (TPSA) is 50.7 Å². The Morgan fingerprint density at radius 2 is 2.40 bits per heavy atom. The lowest BCUT2D eigenvalue weighted by Gasteiger charge is -2.17. The van der Waals surface area contributed by atoms with Crippen molar-refractivity contribution in [1.82, 2.24) is 5.32 Å². The molecule has 5 heteroatoms. The molecule has 0 saturated heterocycles. The molecule has 1 aliphatic heterocycles. The Morgan fingerprint density at radius 3 is 2.93 bits per heavy atom. The number of carbonyl (C=O) groups is 1. The number of halogens is 1. The molecule has 0 aromatic rings. The van der Waals surface area contributed by atoms with E-state index in [1.54, 1.807) is 6.34 Å². The van der Waals surface area contributed by atoms with Crippen LogP contribution in [0.4, 0.5) is 0 Å². The Morgan fingerprint density at radius 1 is 1.67 bits per heavy atom. The highest BCUT2D eigenvalue weighted by Crippen LogP contribution is 2.05. The summed E-state index contributed by atoms with van der Waals surface area (Å²) in [6.45, 7) is 5.94. The van der Waals surface area contributed by atoms with Gasteiger partial charge in [0.1, 0.15) is 0 Å². The van der Waals surface area contributed by atoms with Crippen molar-refractivity contribution >= 4 is 24.7 Å². The van der Waals surface area contributed by atoms with E-state index in [0.717, 1.165) is 6.42 Å². The van der Waals surface area contributed by atoms with Crippen LogP contribution in [-0.4, -0.2) is 32.0 Å². The van der Waals surface area contributed by atoms with Gasteiger partial charge in [-0.15, -0.1) is 12.4 Å². The fourth-order valence-electron chi connectivity index (χ4n) is 1.17. The summed E-state index contributed by atoms with van der Waals surface area (Å²) >= 11 is 0. The first-order chi connectivity index (χ1) is 6.70. The van der Waals surface area contributed by atoms with Crippen molar-refractivity contribution in [2.24, 2.45) is 16.8 Å². The summed E-state index contributed by atoms with van der Waals surface area (Å²) < 4.78 is 5.14. The summed E-state index contributed by atoms with van der Waals surface area (Å²) in [4.78, 5) is 15.4. The second-order valence-electron chi connectivity index (χ2n) is 3.95.